The minimum absolute atomic E-state index is 0.0774. The lowest BCUT2D eigenvalue weighted by molar-refractivity contribution is -0.385. The van der Waals surface area contributed by atoms with Crippen molar-refractivity contribution in [3.63, 3.8) is 0 Å². The van der Waals surface area contributed by atoms with Crippen LogP contribution in [0.3, 0.4) is 0 Å². The van der Waals surface area contributed by atoms with Crippen molar-refractivity contribution < 1.29 is 19.2 Å². The smallest absolute Gasteiger partial charge is 0.350 e. The minimum Gasteiger partial charge on any atom is -0.475 e. The summed E-state index contributed by atoms with van der Waals surface area (Å²) in [4.78, 5) is 34.1. The van der Waals surface area contributed by atoms with Gasteiger partial charge in [-0.1, -0.05) is 0 Å². The van der Waals surface area contributed by atoms with Gasteiger partial charge in [0.25, 0.3) is 5.91 Å². The molecule has 0 fully saturated rings. The van der Waals surface area contributed by atoms with Crippen LogP contribution in [0.2, 0.25) is 0 Å². The first kappa shape index (κ1) is 17.9. The molecule has 12 nitrogen and oxygen atoms in total. The molecule has 0 bridgehead atoms. The quantitative estimate of drug-likeness (QED) is 0.536. The number of hydrogen-bond acceptors (Lipinski definition) is 7. The third-order valence-corrected chi connectivity index (χ3v) is 3.42. The Morgan fingerprint density at radius 1 is 1.44 bits per heavy atom. The molecule has 2 amide bonds. The fraction of sp³-hybridized carbons (Fsp3) is 0.385. The van der Waals surface area contributed by atoms with E-state index < -0.39 is 22.8 Å². The molecule has 0 radical (unpaired) electrons. The number of rotatable bonds is 7. The van der Waals surface area contributed by atoms with Crippen molar-refractivity contribution in [3.8, 4) is 5.88 Å². The maximum atomic E-state index is 12.4. The molecule has 0 aliphatic rings. The third kappa shape index (κ3) is 3.57. The van der Waals surface area contributed by atoms with E-state index in [4.69, 9.17) is 10.5 Å². The van der Waals surface area contributed by atoms with Crippen LogP contribution in [-0.4, -0.2) is 43.4 Å². The Bertz CT molecular complexity index is 825. The van der Waals surface area contributed by atoms with Gasteiger partial charge in [-0.15, -0.1) is 5.10 Å². The van der Waals surface area contributed by atoms with Gasteiger partial charge in [-0.25, -0.2) is 4.68 Å². The maximum absolute atomic E-state index is 12.4. The summed E-state index contributed by atoms with van der Waals surface area (Å²) in [6.07, 6.45) is 2.56. The zero-order chi connectivity index (χ0) is 18.7. The topological polar surface area (TPSA) is 160 Å². The summed E-state index contributed by atoms with van der Waals surface area (Å²) in [6, 6.07) is -0.909. The zero-order valence-corrected chi connectivity index (χ0v) is 13.8. The number of nitrogens with two attached hydrogens (primary N) is 1. The summed E-state index contributed by atoms with van der Waals surface area (Å²) in [7, 11) is 1.24. The van der Waals surface area contributed by atoms with E-state index in [1.165, 1.54) is 24.9 Å². The van der Waals surface area contributed by atoms with Crippen molar-refractivity contribution in [1.82, 2.24) is 19.6 Å². The number of nitrogens with one attached hydrogen (secondary N) is 1. The first-order valence-corrected chi connectivity index (χ1v) is 7.24. The number of aryl methyl sites for hydroxylation is 1. The lowest BCUT2D eigenvalue weighted by Gasteiger charge is -2.11. The number of amides is 2. The van der Waals surface area contributed by atoms with E-state index >= 15 is 0 Å². The number of carbonyl (C=O) groups excluding carboxylic acids is 2. The predicted molar refractivity (Wildman–Crippen MR) is 85.2 cm³/mol. The summed E-state index contributed by atoms with van der Waals surface area (Å²) in [5.74, 6) is -1.55. The lowest BCUT2D eigenvalue weighted by Crippen LogP contribution is -2.25. The molecule has 2 heterocycles. The molecule has 0 aromatic carbocycles. The first-order valence-electron chi connectivity index (χ1n) is 7.24. The molecule has 1 atom stereocenters. The van der Waals surface area contributed by atoms with Crippen LogP contribution >= 0.6 is 0 Å². The van der Waals surface area contributed by atoms with Crippen LogP contribution in [0.25, 0.3) is 0 Å². The molecule has 134 valence electrons. The van der Waals surface area contributed by atoms with Crippen LogP contribution in [-0.2, 0) is 11.3 Å². The first-order chi connectivity index (χ1) is 11.8. The molecule has 12 heteroatoms. The standard InChI is InChI=1S/C13H17N7O5/c1-4-18-5-8(10(16-18)11(14)21)15-12(22)7(2)19-6-9(20(23)24)13(17-19)25-3/h5-7H,4H2,1-3H3,(H2,14,21)(H,15,22). The van der Waals surface area contributed by atoms with Crippen molar-refractivity contribution in [1.29, 1.82) is 0 Å². The number of methoxy groups -OCH3 is 1. The van der Waals surface area contributed by atoms with E-state index in [-0.39, 0.29) is 22.9 Å². The Morgan fingerprint density at radius 2 is 2.12 bits per heavy atom. The number of nitrogens with zero attached hydrogens (tertiary/aromatic N) is 5. The highest BCUT2D eigenvalue weighted by Gasteiger charge is 2.26. The normalized spacial score (nSPS) is 11.8. The molecule has 0 aliphatic carbocycles. The molecule has 3 N–H and O–H groups in total. The summed E-state index contributed by atoms with van der Waals surface area (Å²) >= 11 is 0. The number of carbonyl (C=O) groups is 2. The van der Waals surface area contributed by atoms with E-state index in [2.05, 4.69) is 15.5 Å². The number of anilines is 1. The van der Waals surface area contributed by atoms with Crippen LogP contribution in [0.1, 0.15) is 30.4 Å². The van der Waals surface area contributed by atoms with Crippen LogP contribution < -0.4 is 15.8 Å². The highest BCUT2D eigenvalue weighted by Crippen LogP contribution is 2.26. The molecule has 0 saturated carbocycles. The fourth-order valence-corrected chi connectivity index (χ4v) is 2.05. The summed E-state index contributed by atoms with van der Waals surface area (Å²) < 4.78 is 7.37. The van der Waals surface area contributed by atoms with E-state index in [0.29, 0.717) is 6.54 Å². The van der Waals surface area contributed by atoms with Crippen LogP contribution in [0.15, 0.2) is 12.4 Å². The van der Waals surface area contributed by atoms with E-state index in [1.54, 1.807) is 6.92 Å². The molecule has 0 aliphatic heterocycles. The minimum atomic E-state index is -0.909. The van der Waals surface area contributed by atoms with Gasteiger partial charge in [0.15, 0.2) is 5.69 Å². The molecule has 2 aromatic rings. The Hall–Kier alpha value is -3.44. The van der Waals surface area contributed by atoms with Gasteiger partial charge < -0.3 is 15.8 Å². The molecule has 0 saturated heterocycles. The molecule has 2 rings (SSSR count). The second-order valence-electron chi connectivity index (χ2n) is 5.04. The van der Waals surface area contributed by atoms with Gasteiger partial charge in [0, 0.05) is 12.7 Å². The second-order valence-corrected chi connectivity index (χ2v) is 5.04. The summed E-state index contributed by atoms with van der Waals surface area (Å²) in [5.41, 5.74) is 4.96. The van der Waals surface area contributed by atoms with Crippen molar-refractivity contribution in [2.75, 3.05) is 12.4 Å². The zero-order valence-electron chi connectivity index (χ0n) is 13.8. The lowest BCUT2D eigenvalue weighted by atomic mass is 10.3. The van der Waals surface area contributed by atoms with Gasteiger partial charge in [0.05, 0.1) is 17.7 Å². The van der Waals surface area contributed by atoms with Crippen molar-refractivity contribution in [2.24, 2.45) is 5.73 Å². The largest absolute Gasteiger partial charge is 0.475 e. The number of primary amides is 1. The highest BCUT2D eigenvalue weighted by atomic mass is 16.6. The van der Waals surface area contributed by atoms with Gasteiger partial charge in [0.2, 0.25) is 5.91 Å². The third-order valence-electron chi connectivity index (χ3n) is 3.42. The SMILES string of the molecule is CCn1cc(NC(=O)C(C)n2cc([N+](=O)[O-])c(OC)n2)c(C(N)=O)n1. The van der Waals surface area contributed by atoms with Gasteiger partial charge in [-0.05, 0) is 13.8 Å². The molecular weight excluding hydrogens is 334 g/mol. The Kier molecular flexibility index (Phi) is 5.00. The van der Waals surface area contributed by atoms with Gasteiger partial charge in [-0.3, -0.25) is 24.4 Å². The maximum Gasteiger partial charge on any atom is 0.350 e. The van der Waals surface area contributed by atoms with Crippen molar-refractivity contribution in [3.05, 3.63) is 28.2 Å². The van der Waals surface area contributed by atoms with Crippen molar-refractivity contribution in [2.45, 2.75) is 26.4 Å². The number of nitro groups is 1. The Balaban J connectivity index is 2.25. The van der Waals surface area contributed by atoms with Crippen molar-refractivity contribution >= 4 is 23.2 Å². The predicted octanol–water partition coefficient (Wildman–Crippen LogP) is 0.315. The fourth-order valence-electron chi connectivity index (χ4n) is 2.05. The monoisotopic (exact) mass is 351 g/mol. The highest BCUT2D eigenvalue weighted by molar-refractivity contribution is 6.02. The Labute approximate surface area is 141 Å². The molecule has 0 spiro atoms. The van der Waals surface area contributed by atoms with Crippen LogP contribution in [0.4, 0.5) is 11.4 Å². The van der Waals surface area contributed by atoms with E-state index in [0.717, 1.165) is 10.9 Å². The Morgan fingerprint density at radius 3 is 2.60 bits per heavy atom. The molecule has 1 unspecified atom stereocenters. The second kappa shape index (κ2) is 6.98. The molecular formula is C13H17N7O5. The van der Waals surface area contributed by atoms with Crippen LogP contribution in [0, 0.1) is 10.1 Å². The summed E-state index contributed by atoms with van der Waals surface area (Å²) in [5, 5.41) is 21.3. The number of aromatic nitrogens is 4. The average molecular weight is 351 g/mol. The van der Waals surface area contributed by atoms with Gasteiger partial charge >= 0.3 is 11.6 Å². The number of hydrogen-bond donors (Lipinski definition) is 2. The summed E-state index contributed by atoms with van der Waals surface area (Å²) in [6.45, 7) is 3.77. The average Bonchev–Trinajstić information content (AvgIpc) is 3.17. The number of ether oxygens (including phenoxy) is 1. The van der Waals surface area contributed by atoms with Crippen LogP contribution in [0.5, 0.6) is 5.88 Å². The van der Waals surface area contributed by atoms with Gasteiger partial charge in [0.1, 0.15) is 12.2 Å². The van der Waals surface area contributed by atoms with Gasteiger partial charge in [-0.2, -0.15) is 5.10 Å². The molecule has 2 aromatic heterocycles. The van der Waals surface area contributed by atoms with E-state index in [1.807, 2.05) is 0 Å². The van der Waals surface area contributed by atoms with E-state index in [9.17, 15) is 19.7 Å². The molecule has 25 heavy (non-hydrogen) atoms.